The summed E-state index contributed by atoms with van der Waals surface area (Å²) in [6.07, 6.45) is 0. The minimum Gasteiger partial charge on any atom is -0.497 e. The lowest BCUT2D eigenvalue weighted by molar-refractivity contribution is -0.143. The van der Waals surface area contributed by atoms with E-state index >= 15 is 0 Å². The molecule has 0 aliphatic rings. The van der Waals surface area contributed by atoms with Crippen molar-refractivity contribution in [3.8, 4) is 28.6 Å². The van der Waals surface area contributed by atoms with Gasteiger partial charge < -0.3 is 19.5 Å². The zero-order valence-corrected chi connectivity index (χ0v) is 19.6. The van der Waals surface area contributed by atoms with Crippen molar-refractivity contribution in [1.29, 1.82) is 0 Å². The van der Waals surface area contributed by atoms with Crippen molar-refractivity contribution in [2.24, 2.45) is 0 Å². The van der Waals surface area contributed by atoms with Crippen molar-refractivity contribution in [3.05, 3.63) is 48.5 Å². The van der Waals surface area contributed by atoms with Crippen LogP contribution in [0.5, 0.6) is 11.5 Å². The van der Waals surface area contributed by atoms with E-state index in [2.05, 4.69) is 15.5 Å². The Morgan fingerprint density at radius 3 is 2.30 bits per heavy atom. The molecule has 33 heavy (non-hydrogen) atoms. The van der Waals surface area contributed by atoms with Crippen molar-refractivity contribution < 1.29 is 23.8 Å². The average Bonchev–Trinajstić information content (AvgIpc) is 3.26. The maximum Gasteiger partial charge on any atom is 0.325 e. The van der Waals surface area contributed by atoms with Gasteiger partial charge in [0.05, 0.1) is 26.1 Å². The van der Waals surface area contributed by atoms with E-state index in [-0.39, 0.29) is 24.8 Å². The average molecular weight is 471 g/mol. The Morgan fingerprint density at radius 1 is 0.970 bits per heavy atom. The standard InChI is InChI=1S/C23H26N4O5S/c1-4-31-19-12-8-17(9-13-19)27-22(16-6-10-18(30-3)11-7-16)25-26-23(27)33-15-20(28)24-14-21(29)32-5-2/h6-13H,4-5,14-15H2,1-3H3,(H,24,28). The molecule has 0 aliphatic heterocycles. The summed E-state index contributed by atoms with van der Waals surface area (Å²) in [5.74, 6) is 1.40. The first-order chi connectivity index (χ1) is 16.0. The van der Waals surface area contributed by atoms with Crippen molar-refractivity contribution in [1.82, 2.24) is 20.1 Å². The number of thioether (sulfide) groups is 1. The van der Waals surface area contributed by atoms with Crippen molar-refractivity contribution >= 4 is 23.6 Å². The molecular weight excluding hydrogens is 444 g/mol. The lowest BCUT2D eigenvalue weighted by Crippen LogP contribution is -2.31. The molecule has 9 nitrogen and oxygen atoms in total. The van der Waals surface area contributed by atoms with Gasteiger partial charge in [-0.1, -0.05) is 11.8 Å². The summed E-state index contributed by atoms with van der Waals surface area (Å²) in [6.45, 7) is 4.31. The topological polar surface area (TPSA) is 105 Å². The molecule has 0 bridgehead atoms. The van der Waals surface area contributed by atoms with Crippen LogP contribution < -0.4 is 14.8 Å². The number of carbonyl (C=O) groups is 2. The van der Waals surface area contributed by atoms with Gasteiger partial charge in [0.15, 0.2) is 11.0 Å². The maximum atomic E-state index is 12.2. The molecule has 1 heterocycles. The minimum absolute atomic E-state index is 0.0666. The normalized spacial score (nSPS) is 10.5. The first-order valence-corrected chi connectivity index (χ1v) is 11.4. The summed E-state index contributed by atoms with van der Waals surface area (Å²) in [6, 6.07) is 15.1. The Labute approximate surface area is 196 Å². The molecule has 0 spiro atoms. The highest BCUT2D eigenvalue weighted by Crippen LogP contribution is 2.29. The Bertz CT molecular complexity index is 1070. The van der Waals surface area contributed by atoms with Crippen molar-refractivity contribution in [2.45, 2.75) is 19.0 Å². The molecule has 0 radical (unpaired) electrons. The monoisotopic (exact) mass is 470 g/mol. The Kier molecular flexibility index (Phi) is 8.71. The molecule has 2 aromatic carbocycles. The lowest BCUT2D eigenvalue weighted by atomic mass is 10.2. The molecule has 0 unspecified atom stereocenters. The molecule has 174 valence electrons. The van der Waals surface area contributed by atoms with E-state index in [1.54, 1.807) is 14.0 Å². The van der Waals surface area contributed by atoms with E-state index in [0.29, 0.717) is 17.6 Å². The molecule has 1 aromatic heterocycles. The van der Waals surface area contributed by atoms with Gasteiger partial charge in [-0.3, -0.25) is 14.2 Å². The Balaban J connectivity index is 1.84. The number of hydrogen-bond donors (Lipinski definition) is 1. The third kappa shape index (κ3) is 6.48. The van der Waals surface area contributed by atoms with E-state index in [4.69, 9.17) is 14.2 Å². The van der Waals surface area contributed by atoms with Crippen LogP contribution in [-0.4, -0.2) is 59.3 Å². The number of carbonyl (C=O) groups excluding carboxylic acids is 2. The summed E-state index contributed by atoms with van der Waals surface area (Å²) in [7, 11) is 1.61. The van der Waals surface area contributed by atoms with E-state index in [1.165, 1.54) is 11.8 Å². The quantitative estimate of drug-likeness (QED) is 0.337. The van der Waals surface area contributed by atoms with Crippen LogP contribution in [0, 0.1) is 0 Å². The third-order valence-corrected chi connectivity index (χ3v) is 5.38. The number of benzene rings is 2. The smallest absolute Gasteiger partial charge is 0.325 e. The summed E-state index contributed by atoms with van der Waals surface area (Å²) >= 11 is 1.22. The van der Waals surface area contributed by atoms with Gasteiger partial charge in [0.1, 0.15) is 18.0 Å². The predicted octanol–water partition coefficient (Wildman–Crippen LogP) is 3.11. The van der Waals surface area contributed by atoms with Crippen molar-refractivity contribution in [3.63, 3.8) is 0 Å². The number of nitrogens with one attached hydrogen (secondary N) is 1. The maximum absolute atomic E-state index is 12.2. The summed E-state index contributed by atoms with van der Waals surface area (Å²) in [4.78, 5) is 23.7. The highest BCUT2D eigenvalue weighted by atomic mass is 32.2. The molecule has 1 amide bonds. The van der Waals surface area contributed by atoms with E-state index < -0.39 is 5.97 Å². The number of esters is 1. The largest absolute Gasteiger partial charge is 0.497 e. The number of methoxy groups -OCH3 is 1. The van der Waals surface area contributed by atoms with Gasteiger partial charge in [-0.25, -0.2) is 0 Å². The van der Waals surface area contributed by atoms with Crippen LogP contribution in [0.4, 0.5) is 0 Å². The second-order valence-electron chi connectivity index (χ2n) is 6.67. The van der Waals surface area contributed by atoms with Gasteiger partial charge in [-0.15, -0.1) is 10.2 Å². The number of aromatic nitrogens is 3. The van der Waals surface area contributed by atoms with E-state index in [1.807, 2.05) is 60.0 Å². The van der Waals surface area contributed by atoms with Gasteiger partial charge in [-0.05, 0) is 62.4 Å². The molecule has 0 fully saturated rings. The summed E-state index contributed by atoms with van der Waals surface area (Å²) < 4.78 is 17.5. The molecule has 0 saturated carbocycles. The Hall–Kier alpha value is -3.53. The van der Waals surface area contributed by atoms with Crippen LogP contribution in [0.25, 0.3) is 17.1 Å². The van der Waals surface area contributed by atoms with Crippen LogP contribution in [-0.2, 0) is 14.3 Å². The van der Waals surface area contributed by atoms with E-state index in [0.717, 1.165) is 22.7 Å². The lowest BCUT2D eigenvalue weighted by Gasteiger charge is -2.12. The fourth-order valence-electron chi connectivity index (χ4n) is 2.95. The predicted molar refractivity (Wildman–Crippen MR) is 125 cm³/mol. The zero-order chi connectivity index (χ0) is 23.6. The third-order valence-electron chi connectivity index (χ3n) is 4.46. The van der Waals surface area contributed by atoms with Gasteiger partial charge in [0.25, 0.3) is 0 Å². The van der Waals surface area contributed by atoms with Gasteiger partial charge in [0.2, 0.25) is 5.91 Å². The molecular formula is C23H26N4O5S. The summed E-state index contributed by atoms with van der Waals surface area (Å²) in [5.41, 5.74) is 1.67. The first kappa shape index (κ1) is 24.1. The molecule has 0 saturated heterocycles. The molecule has 10 heteroatoms. The number of amides is 1. The molecule has 1 N–H and O–H groups in total. The van der Waals surface area contributed by atoms with Crippen LogP contribution in [0.15, 0.2) is 53.7 Å². The van der Waals surface area contributed by atoms with Crippen LogP contribution in [0.2, 0.25) is 0 Å². The zero-order valence-electron chi connectivity index (χ0n) is 18.7. The van der Waals surface area contributed by atoms with Crippen molar-refractivity contribution in [2.75, 3.05) is 32.6 Å². The fraction of sp³-hybridized carbons (Fsp3) is 0.304. The van der Waals surface area contributed by atoms with Crippen LogP contribution >= 0.6 is 11.8 Å². The number of ether oxygens (including phenoxy) is 3. The number of nitrogens with zero attached hydrogens (tertiary/aromatic N) is 3. The first-order valence-electron chi connectivity index (χ1n) is 10.4. The second-order valence-corrected chi connectivity index (χ2v) is 7.61. The highest BCUT2D eigenvalue weighted by Gasteiger charge is 2.18. The minimum atomic E-state index is -0.477. The number of hydrogen-bond acceptors (Lipinski definition) is 8. The SMILES string of the molecule is CCOC(=O)CNC(=O)CSc1nnc(-c2ccc(OC)cc2)n1-c1ccc(OCC)cc1. The second kappa shape index (κ2) is 11.9. The molecule has 0 atom stereocenters. The van der Waals surface area contributed by atoms with Gasteiger partial charge in [-0.2, -0.15) is 0 Å². The summed E-state index contributed by atoms with van der Waals surface area (Å²) in [5, 5.41) is 11.8. The molecule has 0 aliphatic carbocycles. The van der Waals surface area contributed by atoms with E-state index in [9.17, 15) is 9.59 Å². The Morgan fingerprint density at radius 2 is 1.67 bits per heavy atom. The van der Waals surface area contributed by atoms with Gasteiger partial charge >= 0.3 is 5.97 Å². The molecule has 3 aromatic rings. The van der Waals surface area contributed by atoms with Gasteiger partial charge in [0, 0.05) is 11.3 Å². The molecule has 3 rings (SSSR count). The number of rotatable bonds is 11. The van der Waals surface area contributed by atoms with Crippen LogP contribution in [0.1, 0.15) is 13.8 Å². The van der Waals surface area contributed by atoms with Crippen LogP contribution in [0.3, 0.4) is 0 Å². The highest BCUT2D eigenvalue weighted by molar-refractivity contribution is 7.99. The fourth-order valence-corrected chi connectivity index (χ4v) is 3.73.